The maximum atomic E-state index is 2.30. The van der Waals surface area contributed by atoms with E-state index in [0.29, 0.717) is 5.41 Å². The van der Waals surface area contributed by atoms with Crippen molar-refractivity contribution in [3.05, 3.63) is 0 Å². The van der Waals surface area contributed by atoms with Crippen molar-refractivity contribution in [3.8, 4) is 0 Å². The maximum absolute atomic E-state index is 2.30. The summed E-state index contributed by atoms with van der Waals surface area (Å²) in [5.41, 5.74) is 0.292. The average Bonchev–Trinajstić information content (AvgIpc) is 1.95. The van der Waals surface area contributed by atoms with Crippen molar-refractivity contribution >= 4 is 0 Å². The smallest absolute Gasteiger partial charge is 0.0211 e. The molecule has 0 amide bonds. The minimum absolute atomic E-state index is 0.292. The lowest BCUT2D eigenvalue weighted by atomic mass is 9.85. The standard InChI is InChI=1S/C13H32N4/c1-14(2)9-13(10-15(3)4,11-16(5)6)12-17(7)8/h9-12H2,1-8H3. The van der Waals surface area contributed by atoms with Crippen LogP contribution in [-0.4, -0.2) is 102 Å². The van der Waals surface area contributed by atoms with Crippen LogP contribution in [0.5, 0.6) is 0 Å². The molecule has 0 radical (unpaired) electrons. The van der Waals surface area contributed by atoms with E-state index in [4.69, 9.17) is 0 Å². The summed E-state index contributed by atoms with van der Waals surface area (Å²) in [5, 5.41) is 0. The van der Waals surface area contributed by atoms with E-state index < -0.39 is 0 Å². The van der Waals surface area contributed by atoms with E-state index in [1.54, 1.807) is 0 Å². The molecule has 0 bridgehead atoms. The van der Waals surface area contributed by atoms with E-state index in [9.17, 15) is 0 Å². The topological polar surface area (TPSA) is 13.0 Å². The van der Waals surface area contributed by atoms with Gasteiger partial charge in [-0.05, 0) is 56.4 Å². The lowest BCUT2D eigenvalue weighted by Crippen LogP contribution is -2.53. The Morgan fingerprint density at radius 2 is 0.647 bits per heavy atom. The quantitative estimate of drug-likeness (QED) is 0.605. The van der Waals surface area contributed by atoms with Crippen molar-refractivity contribution in [2.45, 2.75) is 0 Å². The molecule has 0 aliphatic carbocycles. The Labute approximate surface area is 108 Å². The Morgan fingerprint density at radius 1 is 0.471 bits per heavy atom. The van der Waals surface area contributed by atoms with Crippen LogP contribution in [-0.2, 0) is 0 Å². The fourth-order valence-electron chi connectivity index (χ4n) is 2.98. The first-order chi connectivity index (χ1) is 7.67. The molecule has 0 atom stereocenters. The molecule has 0 aromatic rings. The summed E-state index contributed by atoms with van der Waals surface area (Å²) in [6.45, 7) is 4.45. The van der Waals surface area contributed by atoms with Gasteiger partial charge in [-0.1, -0.05) is 0 Å². The fraction of sp³-hybridized carbons (Fsp3) is 1.00. The van der Waals surface area contributed by atoms with Crippen molar-refractivity contribution in [1.29, 1.82) is 0 Å². The van der Waals surface area contributed by atoms with E-state index in [-0.39, 0.29) is 0 Å². The van der Waals surface area contributed by atoms with E-state index in [1.807, 2.05) is 0 Å². The summed E-state index contributed by atoms with van der Waals surface area (Å²) in [5.74, 6) is 0. The Bertz CT molecular complexity index is 154. The molecule has 104 valence electrons. The first-order valence-electron chi connectivity index (χ1n) is 6.26. The molecule has 0 fully saturated rings. The van der Waals surface area contributed by atoms with Crippen molar-refractivity contribution in [1.82, 2.24) is 19.6 Å². The van der Waals surface area contributed by atoms with Crippen LogP contribution in [0.15, 0.2) is 0 Å². The maximum Gasteiger partial charge on any atom is 0.0211 e. The molecule has 0 unspecified atom stereocenters. The molecule has 0 heterocycles. The zero-order valence-electron chi connectivity index (χ0n) is 13.1. The Balaban J connectivity index is 4.89. The number of rotatable bonds is 8. The highest BCUT2D eigenvalue weighted by Gasteiger charge is 2.32. The van der Waals surface area contributed by atoms with E-state index in [2.05, 4.69) is 76.0 Å². The number of hydrogen-bond acceptors (Lipinski definition) is 4. The van der Waals surface area contributed by atoms with E-state index in [0.717, 1.165) is 26.2 Å². The monoisotopic (exact) mass is 244 g/mol. The molecular weight excluding hydrogens is 212 g/mol. The van der Waals surface area contributed by atoms with Crippen LogP contribution < -0.4 is 0 Å². The molecule has 0 saturated heterocycles. The van der Waals surface area contributed by atoms with Crippen molar-refractivity contribution < 1.29 is 0 Å². The van der Waals surface area contributed by atoms with Crippen LogP contribution in [0.3, 0.4) is 0 Å². The summed E-state index contributed by atoms with van der Waals surface area (Å²) in [7, 11) is 17.3. The molecule has 0 rings (SSSR count). The van der Waals surface area contributed by atoms with Crippen LogP contribution >= 0.6 is 0 Å². The molecular formula is C13H32N4. The van der Waals surface area contributed by atoms with Crippen molar-refractivity contribution in [3.63, 3.8) is 0 Å². The van der Waals surface area contributed by atoms with Crippen LogP contribution in [0.1, 0.15) is 0 Å². The minimum Gasteiger partial charge on any atom is -0.309 e. The molecule has 0 aromatic carbocycles. The third kappa shape index (κ3) is 7.71. The SMILES string of the molecule is CN(C)CC(CN(C)C)(CN(C)C)CN(C)C. The lowest BCUT2D eigenvalue weighted by molar-refractivity contribution is 0.0759. The summed E-state index contributed by atoms with van der Waals surface area (Å²) in [6, 6.07) is 0. The summed E-state index contributed by atoms with van der Waals surface area (Å²) in [6.07, 6.45) is 0. The van der Waals surface area contributed by atoms with Gasteiger partial charge in [0.25, 0.3) is 0 Å². The van der Waals surface area contributed by atoms with Gasteiger partial charge in [0, 0.05) is 31.6 Å². The highest BCUT2D eigenvalue weighted by Crippen LogP contribution is 2.21. The van der Waals surface area contributed by atoms with Gasteiger partial charge in [-0.15, -0.1) is 0 Å². The first kappa shape index (κ1) is 16.8. The zero-order valence-corrected chi connectivity index (χ0v) is 13.1. The highest BCUT2D eigenvalue weighted by atomic mass is 15.2. The van der Waals surface area contributed by atoms with Crippen LogP contribution in [0.4, 0.5) is 0 Å². The van der Waals surface area contributed by atoms with Gasteiger partial charge in [0.2, 0.25) is 0 Å². The van der Waals surface area contributed by atoms with E-state index in [1.165, 1.54) is 0 Å². The summed E-state index contributed by atoms with van der Waals surface area (Å²) < 4.78 is 0. The van der Waals surface area contributed by atoms with Gasteiger partial charge >= 0.3 is 0 Å². The van der Waals surface area contributed by atoms with Crippen molar-refractivity contribution in [2.24, 2.45) is 5.41 Å². The highest BCUT2D eigenvalue weighted by molar-refractivity contribution is 4.88. The Hall–Kier alpha value is -0.160. The molecule has 0 aliphatic heterocycles. The van der Waals surface area contributed by atoms with Gasteiger partial charge in [0.05, 0.1) is 0 Å². The third-order valence-corrected chi connectivity index (χ3v) is 2.61. The van der Waals surface area contributed by atoms with E-state index >= 15 is 0 Å². The number of nitrogens with zero attached hydrogens (tertiary/aromatic N) is 4. The second-order valence-electron chi connectivity index (χ2n) is 6.45. The second kappa shape index (κ2) is 7.31. The molecule has 0 saturated carbocycles. The molecule has 17 heavy (non-hydrogen) atoms. The molecule has 0 spiro atoms. The molecule has 0 aromatic heterocycles. The van der Waals surface area contributed by atoms with Crippen LogP contribution in [0, 0.1) is 5.41 Å². The fourth-order valence-corrected chi connectivity index (χ4v) is 2.98. The van der Waals surface area contributed by atoms with Gasteiger partial charge in [0.15, 0.2) is 0 Å². The second-order valence-corrected chi connectivity index (χ2v) is 6.45. The predicted octanol–water partition coefficient (Wildman–Crippen LogP) is 0.219. The summed E-state index contributed by atoms with van der Waals surface area (Å²) in [4.78, 5) is 9.21. The first-order valence-corrected chi connectivity index (χ1v) is 6.26. The van der Waals surface area contributed by atoms with Crippen molar-refractivity contribution in [2.75, 3.05) is 82.6 Å². The molecule has 4 nitrogen and oxygen atoms in total. The number of hydrogen-bond donors (Lipinski definition) is 0. The van der Waals surface area contributed by atoms with Crippen LogP contribution in [0.2, 0.25) is 0 Å². The molecule has 4 heteroatoms. The zero-order chi connectivity index (χ0) is 13.6. The third-order valence-electron chi connectivity index (χ3n) is 2.61. The largest absolute Gasteiger partial charge is 0.309 e. The normalized spacial score (nSPS) is 13.4. The Morgan fingerprint density at radius 3 is 0.765 bits per heavy atom. The minimum atomic E-state index is 0.292. The lowest BCUT2D eigenvalue weighted by Gasteiger charge is -2.42. The van der Waals surface area contributed by atoms with Gasteiger partial charge < -0.3 is 19.6 Å². The summed E-state index contributed by atoms with van der Waals surface area (Å²) >= 11 is 0. The predicted molar refractivity (Wildman–Crippen MR) is 76.6 cm³/mol. The van der Waals surface area contributed by atoms with Gasteiger partial charge in [-0.2, -0.15) is 0 Å². The van der Waals surface area contributed by atoms with Gasteiger partial charge in [-0.3, -0.25) is 0 Å². The molecule has 0 N–H and O–H groups in total. The average molecular weight is 244 g/mol. The van der Waals surface area contributed by atoms with Gasteiger partial charge in [-0.25, -0.2) is 0 Å². The van der Waals surface area contributed by atoms with Gasteiger partial charge in [0.1, 0.15) is 0 Å². The van der Waals surface area contributed by atoms with Crippen LogP contribution in [0.25, 0.3) is 0 Å². The Kier molecular flexibility index (Phi) is 7.24. The molecule has 0 aliphatic rings.